The second-order valence-corrected chi connectivity index (χ2v) is 4.40. The highest BCUT2D eigenvalue weighted by molar-refractivity contribution is 5.83. The maximum absolute atomic E-state index is 11.4. The molecule has 0 aliphatic rings. The summed E-state index contributed by atoms with van der Waals surface area (Å²) in [5, 5.41) is 2.81. The SMILES string of the molecule is CC(=O)CCC(=O)NCc1ccc(C)c(C)c1. The number of carbonyl (C=O) groups is 2. The Labute approximate surface area is 102 Å². The zero-order chi connectivity index (χ0) is 12.8. The van der Waals surface area contributed by atoms with Gasteiger partial charge in [0.15, 0.2) is 0 Å². The summed E-state index contributed by atoms with van der Waals surface area (Å²) in [5.74, 6) is -0.0234. The molecule has 3 nitrogen and oxygen atoms in total. The van der Waals surface area contributed by atoms with E-state index in [4.69, 9.17) is 0 Å². The fourth-order valence-corrected chi connectivity index (χ4v) is 1.49. The van der Waals surface area contributed by atoms with Crippen molar-refractivity contribution in [2.24, 2.45) is 0 Å². The molecule has 0 fully saturated rings. The van der Waals surface area contributed by atoms with Crippen LogP contribution in [0.1, 0.15) is 36.5 Å². The molecule has 0 unspecified atom stereocenters. The quantitative estimate of drug-likeness (QED) is 0.848. The molecule has 0 aliphatic heterocycles. The summed E-state index contributed by atoms with van der Waals surface area (Å²) in [4.78, 5) is 22.1. The minimum absolute atomic E-state index is 0.0475. The van der Waals surface area contributed by atoms with Gasteiger partial charge in [-0.2, -0.15) is 0 Å². The molecule has 92 valence electrons. The van der Waals surface area contributed by atoms with Crippen molar-refractivity contribution in [2.45, 2.75) is 40.2 Å². The van der Waals surface area contributed by atoms with Crippen LogP contribution in [-0.2, 0) is 16.1 Å². The Bertz CT molecular complexity index is 424. The molecule has 0 radical (unpaired) electrons. The summed E-state index contributed by atoms with van der Waals surface area (Å²) >= 11 is 0. The van der Waals surface area contributed by atoms with E-state index in [1.807, 2.05) is 12.1 Å². The largest absolute Gasteiger partial charge is 0.352 e. The molecule has 1 aromatic carbocycles. The molecule has 0 saturated heterocycles. The number of aryl methyl sites for hydroxylation is 2. The van der Waals surface area contributed by atoms with Crippen LogP contribution in [0.4, 0.5) is 0 Å². The van der Waals surface area contributed by atoms with Gasteiger partial charge in [0.1, 0.15) is 5.78 Å². The summed E-state index contributed by atoms with van der Waals surface area (Å²) in [5.41, 5.74) is 3.56. The highest BCUT2D eigenvalue weighted by atomic mass is 16.2. The molecular weight excluding hydrogens is 214 g/mol. The van der Waals surface area contributed by atoms with Gasteiger partial charge in [-0.1, -0.05) is 18.2 Å². The molecule has 0 spiro atoms. The van der Waals surface area contributed by atoms with Crippen molar-refractivity contribution in [1.29, 1.82) is 0 Å². The van der Waals surface area contributed by atoms with Gasteiger partial charge >= 0.3 is 0 Å². The molecule has 0 heterocycles. The number of Topliss-reactive ketones (excluding diaryl/α,β-unsaturated/α-hetero) is 1. The average Bonchev–Trinajstić information content (AvgIpc) is 2.28. The van der Waals surface area contributed by atoms with Crippen LogP contribution in [0.3, 0.4) is 0 Å². The molecule has 0 aromatic heterocycles. The Hall–Kier alpha value is -1.64. The summed E-state index contributed by atoms with van der Waals surface area (Å²) < 4.78 is 0. The molecule has 0 atom stereocenters. The van der Waals surface area contributed by atoms with Crippen molar-refractivity contribution >= 4 is 11.7 Å². The molecule has 0 aliphatic carbocycles. The van der Waals surface area contributed by atoms with E-state index in [-0.39, 0.29) is 18.1 Å². The molecule has 3 heteroatoms. The van der Waals surface area contributed by atoms with Gasteiger partial charge in [0.05, 0.1) is 0 Å². The van der Waals surface area contributed by atoms with Crippen LogP contribution in [0.25, 0.3) is 0 Å². The topological polar surface area (TPSA) is 46.2 Å². The molecule has 1 N–H and O–H groups in total. The zero-order valence-electron chi connectivity index (χ0n) is 10.7. The van der Waals surface area contributed by atoms with E-state index in [0.717, 1.165) is 5.56 Å². The van der Waals surface area contributed by atoms with Crippen molar-refractivity contribution in [2.75, 3.05) is 0 Å². The maximum atomic E-state index is 11.4. The first kappa shape index (κ1) is 13.4. The average molecular weight is 233 g/mol. The lowest BCUT2D eigenvalue weighted by Gasteiger charge is -2.07. The van der Waals surface area contributed by atoms with Crippen LogP contribution in [0.2, 0.25) is 0 Å². The Kier molecular flexibility index (Phi) is 4.88. The van der Waals surface area contributed by atoms with Gasteiger partial charge in [-0.25, -0.2) is 0 Å². The van der Waals surface area contributed by atoms with Crippen LogP contribution in [-0.4, -0.2) is 11.7 Å². The van der Waals surface area contributed by atoms with Crippen molar-refractivity contribution < 1.29 is 9.59 Å². The maximum Gasteiger partial charge on any atom is 0.220 e. The van der Waals surface area contributed by atoms with E-state index in [1.54, 1.807) is 0 Å². The van der Waals surface area contributed by atoms with Gasteiger partial charge in [0.25, 0.3) is 0 Å². The highest BCUT2D eigenvalue weighted by Gasteiger charge is 2.03. The first-order chi connectivity index (χ1) is 7.99. The lowest BCUT2D eigenvalue weighted by Crippen LogP contribution is -2.23. The third kappa shape index (κ3) is 4.81. The molecular formula is C14H19NO2. The minimum Gasteiger partial charge on any atom is -0.352 e. The van der Waals surface area contributed by atoms with E-state index in [0.29, 0.717) is 13.0 Å². The normalized spacial score (nSPS) is 10.1. The van der Waals surface area contributed by atoms with E-state index in [1.165, 1.54) is 18.1 Å². The monoisotopic (exact) mass is 233 g/mol. The number of amides is 1. The number of carbonyl (C=O) groups excluding carboxylic acids is 2. The van der Waals surface area contributed by atoms with Gasteiger partial charge in [0.2, 0.25) is 5.91 Å². The summed E-state index contributed by atoms with van der Waals surface area (Å²) in [7, 11) is 0. The number of nitrogens with one attached hydrogen (secondary N) is 1. The van der Waals surface area contributed by atoms with Crippen LogP contribution in [0.15, 0.2) is 18.2 Å². The van der Waals surface area contributed by atoms with Gasteiger partial charge in [-0.05, 0) is 37.5 Å². The second kappa shape index (κ2) is 6.18. The number of rotatable bonds is 5. The van der Waals surface area contributed by atoms with E-state index < -0.39 is 0 Å². The third-order valence-electron chi connectivity index (χ3n) is 2.77. The molecule has 0 saturated carbocycles. The molecule has 17 heavy (non-hydrogen) atoms. The fraction of sp³-hybridized carbons (Fsp3) is 0.429. The summed E-state index contributed by atoms with van der Waals surface area (Å²) in [6, 6.07) is 6.13. The lowest BCUT2D eigenvalue weighted by atomic mass is 10.1. The van der Waals surface area contributed by atoms with Crippen LogP contribution in [0, 0.1) is 13.8 Å². The smallest absolute Gasteiger partial charge is 0.220 e. The lowest BCUT2D eigenvalue weighted by molar-refractivity contribution is -0.124. The molecule has 1 aromatic rings. The molecule has 1 amide bonds. The fourth-order valence-electron chi connectivity index (χ4n) is 1.49. The van der Waals surface area contributed by atoms with E-state index in [9.17, 15) is 9.59 Å². The Morgan fingerprint density at radius 3 is 2.41 bits per heavy atom. The standard InChI is InChI=1S/C14H19NO2/c1-10-4-6-13(8-11(10)2)9-15-14(17)7-5-12(3)16/h4,6,8H,5,7,9H2,1-3H3,(H,15,17). The summed E-state index contributed by atoms with van der Waals surface area (Å²) in [6.45, 7) is 6.13. The van der Waals surface area contributed by atoms with Gasteiger partial charge in [0, 0.05) is 19.4 Å². The van der Waals surface area contributed by atoms with Crippen molar-refractivity contribution in [3.8, 4) is 0 Å². The Balaban J connectivity index is 2.42. The number of ketones is 1. The zero-order valence-corrected chi connectivity index (χ0v) is 10.7. The van der Waals surface area contributed by atoms with Crippen LogP contribution >= 0.6 is 0 Å². The second-order valence-electron chi connectivity index (χ2n) is 4.40. The minimum atomic E-state index is -0.0709. The van der Waals surface area contributed by atoms with Gasteiger partial charge in [-0.15, -0.1) is 0 Å². The van der Waals surface area contributed by atoms with Crippen LogP contribution in [0.5, 0.6) is 0 Å². The Morgan fingerprint density at radius 1 is 1.12 bits per heavy atom. The first-order valence-corrected chi connectivity index (χ1v) is 5.81. The van der Waals surface area contributed by atoms with E-state index >= 15 is 0 Å². The van der Waals surface area contributed by atoms with Gasteiger partial charge < -0.3 is 10.1 Å². The van der Waals surface area contributed by atoms with E-state index in [2.05, 4.69) is 25.2 Å². The summed E-state index contributed by atoms with van der Waals surface area (Å²) in [6.07, 6.45) is 0.596. The molecule has 1 rings (SSSR count). The molecule has 0 bridgehead atoms. The van der Waals surface area contributed by atoms with Crippen molar-refractivity contribution in [3.63, 3.8) is 0 Å². The number of benzene rings is 1. The number of hydrogen-bond acceptors (Lipinski definition) is 2. The predicted molar refractivity (Wildman–Crippen MR) is 67.7 cm³/mol. The van der Waals surface area contributed by atoms with Crippen LogP contribution < -0.4 is 5.32 Å². The number of hydrogen-bond donors (Lipinski definition) is 1. The van der Waals surface area contributed by atoms with Gasteiger partial charge in [-0.3, -0.25) is 4.79 Å². The van der Waals surface area contributed by atoms with Crippen molar-refractivity contribution in [1.82, 2.24) is 5.32 Å². The first-order valence-electron chi connectivity index (χ1n) is 5.81. The predicted octanol–water partition coefficient (Wildman–Crippen LogP) is 2.29. The van der Waals surface area contributed by atoms with Crippen molar-refractivity contribution in [3.05, 3.63) is 34.9 Å². The Morgan fingerprint density at radius 2 is 1.82 bits per heavy atom. The third-order valence-corrected chi connectivity index (χ3v) is 2.77. The highest BCUT2D eigenvalue weighted by Crippen LogP contribution is 2.09.